The van der Waals surface area contributed by atoms with Crippen LogP contribution in [-0.4, -0.2) is 6.36 Å². The van der Waals surface area contributed by atoms with Crippen LogP contribution in [0.15, 0.2) is 18.2 Å². The van der Waals surface area contributed by atoms with Crippen LogP contribution in [0.3, 0.4) is 0 Å². The van der Waals surface area contributed by atoms with Gasteiger partial charge in [-0.15, -0.1) is 13.2 Å². The minimum atomic E-state index is -4.63. The van der Waals surface area contributed by atoms with Gasteiger partial charge in [0.15, 0.2) is 0 Å². The Morgan fingerprint density at radius 1 is 1.27 bits per heavy atom. The van der Waals surface area contributed by atoms with Gasteiger partial charge in [-0.25, -0.2) is 0 Å². The van der Waals surface area contributed by atoms with Crippen LogP contribution in [0.4, 0.5) is 13.2 Å². The van der Waals surface area contributed by atoms with Gasteiger partial charge in [-0.05, 0) is 29.7 Å². The lowest BCUT2D eigenvalue weighted by Gasteiger charge is -2.11. The second kappa shape index (κ2) is 4.88. The van der Waals surface area contributed by atoms with Gasteiger partial charge in [-0.2, -0.15) is 0 Å². The smallest absolute Gasteiger partial charge is 0.406 e. The Labute approximate surface area is 94.4 Å². The van der Waals surface area contributed by atoms with Gasteiger partial charge < -0.3 is 4.74 Å². The highest BCUT2D eigenvalue weighted by atomic mass is 79.9. The molecule has 0 aromatic heterocycles. The van der Waals surface area contributed by atoms with E-state index in [4.69, 9.17) is 0 Å². The van der Waals surface area contributed by atoms with E-state index in [9.17, 15) is 13.2 Å². The van der Waals surface area contributed by atoms with Crippen molar-refractivity contribution >= 4 is 15.9 Å². The molecule has 0 fully saturated rings. The van der Waals surface area contributed by atoms with Gasteiger partial charge in [-0.1, -0.05) is 28.9 Å². The first-order chi connectivity index (χ1) is 6.96. The standard InChI is InChI=1S/C10H10BrF3O/c1-2-7-3-4-9(5-8(7)6-11)15-10(12,13)14/h3-5H,2,6H2,1H3. The number of ether oxygens (including phenoxy) is 1. The Morgan fingerprint density at radius 3 is 2.40 bits per heavy atom. The molecular formula is C10H10BrF3O. The minimum absolute atomic E-state index is 0.172. The summed E-state index contributed by atoms with van der Waals surface area (Å²) in [4.78, 5) is 0. The Kier molecular flexibility index (Phi) is 4.02. The number of hydrogen-bond acceptors (Lipinski definition) is 1. The summed E-state index contributed by atoms with van der Waals surface area (Å²) in [7, 11) is 0. The predicted molar refractivity (Wildman–Crippen MR) is 55.1 cm³/mol. The highest BCUT2D eigenvalue weighted by Crippen LogP contribution is 2.26. The van der Waals surface area contributed by atoms with Crippen molar-refractivity contribution in [3.63, 3.8) is 0 Å². The zero-order valence-corrected chi connectivity index (χ0v) is 9.65. The van der Waals surface area contributed by atoms with Gasteiger partial charge in [0.05, 0.1) is 0 Å². The van der Waals surface area contributed by atoms with Crippen LogP contribution in [0.1, 0.15) is 18.1 Å². The zero-order chi connectivity index (χ0) is 11.5. The molecular weight excluding hydrogens is 273 g/mol. The topological polar surface area (TPSA) is 9.23 Å². The molecule has 0 aliphatic carbocycles. The molecule has 0 N–H and O–H groups in total. The fraction of sp³-hybridized carbons (Fsp3) is 0.400. The fourth-order valence-electron chi connectivity index (χ4n) is 1.27. The third kappa shape index (κ3) is 3.74. The molecule has 0 spiro atoms. The van der Waals surface area contributed by atoms with Crippen LogP contribution in [0.2, 0.25) is 0 Å². The van der Waals surface area contributed by atoms with Crippen LogP contribution in [-0.2, 0) is 11.8 Å². The van der Waals surface area contributed by atoms with E-state index in [0.29, 0.717) is 5.33 Å². The van der Waals surface area contributed by atoms with E-state index in [1.54, 1.807) is 6.07 Å². The lowest BCUT2D eigenvalue weighted by molar-refractivity contribution is -0.274. The summed E-state index contributed by atoms with van der Waals surface area (Å²) in [5.41, 5.74) is 1.83. The summed E-state index contributed by atoms with van der Waals surface area (Å²) in [6.45, 7) is 1.95. The monoisotopic (exact) mass is 282 g/mol. The summed E-state index contributed by atoms with van der Waals surface area (Å²) in [5.74, 6) is -0.172. The van der Waals surface area contributed by atoms with E-state index < -0.39 is 6.36 Å². The van der Waals surface area contributed by atoms with Crippen molar-refractivity contribution in [2.75, 3.05) is 0 Å². The van der Waals surface area contributed by atoms with Crippen molar-refractivity contribution < 1.29 is 17.9 Å². The molecule has 0 aliphatic heterocycles. The summed E-state index contributed by atoms with van der Waals surface area (Å²) in [5, 5.41) is 0.519. The highest BCUT2D eigenvalue weighted by molar-refractivity contribution is 9.08. The van der Waals surface area contributed by atoms with Crippen molar-refractivity contribution in [1.29, 1.82) is 0 Å². The quantitative estimate of drug-likeness (QED) is 0.761. The molecule has 1 nitrogen and oxygen atoms in total. The van der Waals surface area contributed by atoms with Crippen molar-refractivity contribution in [2.45, 2.75) is 25.0 Å². The molecule has 0 unspecified atom stereocenters. The predicted octanol–water partition coefficient (Wildman–Crippen LogP) is 4.04. The van der Waals surface area contributed by atoms with Gasteiger partial charge in [0.2, 0.25) is 0 Å². The van der Waals surface area contributed by atoms with Crippen LogP contribution in [0, 0.1) is 0 Å². The normalized spacial score (nSPS) is 11.5. The van der Waals surface area contributed by atoms with Crippen molar-refractivity contribution in [1.82, 2.24) is 0 Å². The Hall–Kier alpha value is -0.710. The molecule has 1 aromatic carbocycles. The molecule has 0 heterocycles. The molecule has 1 aromatic rings. The minimum Gasteiger partial charge on any atom is -0.406 e. The van der Waals surface area contributed by atoms with Crippen LogP contribution < -0.4 is 4.74 Å². The second-order valence-electron chi connectivity index (χ2n) is 2.97. The van der Waals surface area contributed by atoms with Crippen LogP contribution >= 0.6 is 15.9 Å². The third-order valence-corrected chi connectivity index (χ3v) is 2.54. The van der Waals surface area contributed by atoms with E-state index in [2.05, 4.69) is 20.7 Å². The maximum atomic E-state index is 11.9. The Balaban J connectivity index is 2.93. The number of benzene rings is 1. The first-order valence-electron chi connectivity index (χ1n) is 4.39. The third-order valence-electron chi connectivity index (χ3n) is 1.94. The summed E-state index contributed by atoms with van der Waals surface area (Å²) in [6.07, 6.45) is -3.84. The summed E-state index contributed by atoms with van der Waals surface area (Å²) in [6, 6.07) is 4.39. The van der Waals surface area contributed by atoms with Crippen LogP contribution in [0.25, 0.3) is 0 Å². The molecule has 0 amide bonds. The molecule has 0 bridgehead atoms. The largest absolute Gasteiger partial charge is 0.573 e. The summed E-state index contributed by atoms with van der Waals surface area (Å²) < 4.78 is 39.6. The molecule has 1 rings (SSSR count). The van der Waals surface area contributed by atoms with Gasteiger partial charge in [0.1, 0.15) is 5.75 Å². The maximum Gasteiger partial charge on any atom is 0.573 e. The van der Waals surface area contributed by atoms with E-state index in [0.717, 1.165) is 17.5 Å². The first kappa shape index (κ1) is 12.4. The molecule has 0 atom stereocenters. The van der Waals surface area contributed by atoms with Crippen molar-refractivity contribution in [2.24, 2.45) is 0 Å². The van der Waals surface area contributed by atoms with Crippen molar-refractivity contribution in [3.05, 3.63) is 29.3 Å². The first-order valence-corrected chi connectivity index (χ1v) is 5.52. The van der Waals surface area contributed by atoms with E-state index in [1.165, 1.54) is 12.1 Å². The number of halogens is 4. The Morgan fingerprint density at radius 2 is 1.93 bits per heavy atom. The molecule has 15 heavy (non-hydrogen) atoms. The van der Waals surface area contributed by atoms with Gasteiger partial charge >= 0.3 is 6.36 Å². The Bertz CT molecular complexity index is 336. The molecule has 0 radical (unpaired) electrons. The van der Waals surface area contributed by atoms with E-state index in [-0.39, 0.29) is 5.75 Å². The lowest BCUT2D eigenvalue weighted by atomic mass is 10.1. The summed E-state index contributed by atoms with van der Waals surface area (Å²) >= 11 is 3.23. The van der Waals surface area contributed by atoms with Gasteiger partial charge in [0, 0.05) is 5.33 Å². The van der Waals surface area contributed by atoms with E-state index in [1.807, 2.05) is 6.92 Å². The molecule has 0 aliphatic rings. The number of rotatable bonds is 3. The lowest BCUT2D eigenvalue weighted by Crippen LogP contribution is -2.17. The van der Waals surface area contributed by atoms with E-state index >= 15 is 0 Å². The van der Waals surface area contributed by atoms with Gasteiger partial charge in [-0.3, -0.25) is 0 Å². The molecule has 0 saturated heterocycles. The maximum absolute atomic E-state index is 11.9. The van der Waals surface area contributed by atoms with Crippen LogP contribution in [0.5, 0.6) is 5.75 Å². The second-order valence-corrected chi connectivity index (χ2v) is 3.53. The average Bonchev–Trinajstić information content (AvgIpc) is 2.15. The SMILES string of the molecule is CCc1ccc(OC(F)(F)F)cc1CBr. The average molecular weight is 283 g/mol. The highest BCUT2D eigenvalue weighted by Gasteiger charge is 2.31. The number of aryl methyl sites for hydroxylation is 1. The van der Waals surface area contributed by atoms with Crippen molar-refractivity contribution in [3.8, 4) is 5.75 Å². The molecule has 0 saturated carbocycles. The fourth-order valence-corrected chi connectivity index (χ4v) is 1.79. The molecule has 5 heteroatoms. The zero-order valence-electron chi connectivity index (χ0n) is 8.07. The number of hydrogen-bond donors (Lipinski definition) is 0. The molecule has 84 valence electrons. The number of alkyl halides is 4. The van der Waals surface area contributed by atoms with Gasteiger partial charge in [0.25, 0.3) is 0 Å².